The molecule has 0 radical (unpaired) electrons. The molecule has 0 amide bonds. The van der Waals surface area contributed by atoms with Crippen LogP contribution in [0.4, 0.5) is 17.3 Å². The quantitative estimate of drug-likeness (QED) is 0.562. The molecule has 0 saturated heterocycles. The summed E-state index contributed by atoms with van der Waals surface area (Å²) in [5, 5.41) is 19.6. The summed E-state index contributed by atoms with van der Waals surface area (Å²) in [6.07, 6.45) is 0.851. The molecule has 1 aromatic rings. The van der Waals surface area contributed by atoms with E-state index in [9.17, 15) is 10.1 Å². The van der Waals surface area contributed by atoms with Crippen molar-refractivity contribution in [1.82, 2.24) is 4.98 Å². The number of aliphatic hydroxyl groups excluding tert-OH is 1. The molecule has 7 heteroatoms. The molecule has 17 heavy (non-hydrogen) atoms. The minimum absolute atomic E-state index is 0.0374. The molecule has 0 aliphatic heterocycles. The highest BCUT2D eigenvalue weighted by molar-refractivity contribution is 5.54. The molecule has 0 unspecified atom stereocenters. The van der Waals surface area contributed by atoms with Gasteiger partial charge in [0.25, 0.3) is 5.69 Å². The SMILES string of the molecule is CCCN(CCO)c1cc([N+](=O)[O-])cc(N)n1. The van der Waals surface area contributed by atoms with Crippen LogP contribution in [0.5, 0.6) is 0 Å². The maximum atomic E-state index is 10.7. The third kappa shape index (κ3) is 3.56. The van der Waals surface area contributed by atoms with Crippen LogP contribution in [-0.2, 0) is 0 Å². The number of nitro groups is 1. The number of nitrogen functional groups attached to an aromatic ring is 1. The third-order valence-electron chi connectivity index (χ3n) is 2.21. The van der Waals surface area contributed by atoms with E-state index >= 15 is 0 Å². The normalized spacial score (nSPS) is 10.2. The number of nitrogens with zero attached hydrogens (tertiary/aromatic N) is 3. The van der Waals surface area contributed by atoms with Crippen molar-refractivity contribution in [2.75, 3.05) is 30.3 Å². The second kappa shape index (κ2) is 6.00. The molecule has 7 nitrogen and oxygen atoms in total. The van der Waals surface area contributed by atoms with Crippen molar-refractivity contribution < 1.29 is 10.0 Å². The van der Waals surface area contributed by atoms with E-state index in [-0.39, 0.29) is 18.1 Å². The first-order valence-corrected chi connectivity index (χ1v) is 5.36. The fraction of sp³-hybridized carbons (Fsp3) is 0.500. The van der Waals surface area contributed by atoms with Crippen LogP contribution in [0.15, 0.2) is 12.1 Å². The molecule has 0 atom stereocenters. The topological polar surface area (TPSA) is 106 Å². The van der Waals surface area contributed by atoms with Crippen LogP contribution in [0.3, 0.4) is 0 Å². The Balaban J connectivity index is 3.04. The molecular formula is C10H16N4O3. The van der Waals surface area contributed by atoms with Gasteiger partial charge in [0.1, 0.15) is 11.6 Å². The first-order chi connectivity index (χ1) is 8.08. The third-order valence-corrected chi connectivity index (χ3v) is 2.21. The van der Waals surface area contributed by atoms with Crippen LogP contribution in [0, 0.1) is 10.1 Å². The lowest BCUT2D eigenvalue weighted by Gasteiger charge is -2.21. The van der Waals surface area contributed by atoms with Gasteiger partial charge in [-0.1, -0.05) is 6.92 Å². The molecule has 1 heterocycles. The molecule has 0 aliphatic carbocycles. The number of aromatic nitrogens is 1. The summed E-state index contributed by atoms with van der Waals surface area (Å²) in [4.78, 5) is 16.0. The van der Waals surface area contributed by atoms with Gasteiger partial charge in [-0.15, -0.1) is 0 Å². The van der Waals surface area contributed by atoms with Crippen molar-refractivity contribution in [3.63, 3.8) is 0 Å². The summed E-state index contributed by atoms with van der Waals surface area (Å²) in [6, 6.07) is 2.58. The van der Waals surface area contributed by atoms with Crippen molar-refractivity contribution in [2.24, 2.45) is 0 Å². The Bertz CT molecular complexity index is 391. The summed E-state index contributed by atoms with van der Waals surface area (Å²) in [5.41, 5.74) is 5.43. The number of anilines is 2. The summed E-state index contributed by atoms with van der Waals surface area (Å²) >= 11 is 0. The highest BCUT2D eigenvalue weighted by Gasteiger charge is 2.14. The summed E-state index contributed by atoms with van der Waals surface area (Å²) < 4.78 is 0. The zero-order valence-corrected chi connectivity index (χ0v) is 9.67. The Hall–Kier alpha value is -1.89. The largest absolute Gasteiger partial charge is 0.395 e. The highest BCUT2D eigenvalue weighted by Crippen LogP contribution is 2.21. The molecule has 1 rings (SSSR count). The lowest BCUT2D eigenvalue weighted by Crippen LogP contribution is -2.28. The fourth-order valence-corrected chi connectivity index (χ4v) is 1.52. The minimum Gasteiger partial charge on any atom is -0.395 e. The second-order valence-electron chi connectivity index (χ2n) is 3.58. The summed E-state index contributed by atoms with van der Waals surface area (Å²) in [7, 11) is 0. The van der Waals surface area contributed by atoms with Gasteiger partial charge in [-0.3, -0.25) is 10.1 Å². The smallest absolute Gasteiger partial charge is 0.276 e. The van der Waals surface area contributed by atoms with E-state index in [2.05, 4.69) is 4.98 Å². The highest BCUT2D eigenvalue weighted by atomic mass is 16.6. The van der Waals surface area contributed by atoms with Gasteiger partial charge < -0.3 is 15.7 Å². The molecular weight excluding hydrogens is 224 g/mol. The van der Waals surface area contributed by atoms with E-state index in [0.29, 0.717) is 18.9 Å². The monoisotopic (exact) mass is 240 g/mol. The van der Waals surface area contributed by atoms with Crippen LogP contribution in [-0.4, -0.2) is 34.7 Å². The second-order valence-corrected chi connectivity index (χ2v) is 3.58. The van der Waals surface area contributed by atoms with Gasteiger partial charge in [0.2, 0.25) is 0 Å². The van der Waals surface area contributed by atoms with Gasteiger partial charge >= 0.3 is 0 Å². The maximum absolute atomic E-state index is 10.7. The van der Waals surface area contributed by atoms with Crippen LogP contribution in [0.1, 0.15) is 13.3 Å². The molecule has 0 aromatic carbocycles. The fourth-order valence-electron chi connectivity index (χ4n) is 1.52. The van der Waals surface area contributed by atoms with E-state index in [1.54, 1.807) is 4.90 Å². The van der Waals surface area contributed by atoms with Crippen molar-refractivity contribution in [3.05, 3.63) is 22.2 Å². The van der Waals surface area contributed by atoms with E-state index < -0.39 is 4.92 Å². The zero-order chi connectivity index (χ0) is 12.8. The molecule has 0 fully saturated rings. The van der Waals surface area contributed by atoms with Crippen LogP contribution in [0.2, 0.25) is 0 Å². The van der Waals surface area contributed by atoms with Gasteiger partial charge in [-0.05, 0) is 6.42 Å². The van der Waals surface area contributed by atoms with Gasteiger partial charge in [0.05, 0.1) is 23.7 Å². The van der Waals surface area contributed by atoms with Crippen LogP contribution >= 0.6 is 0 Å². The number of nitrogens with two attached hydrogens (primary N) is 1. The lowest BCUT2D eigenvalue weighted by atomic mass is 10.3. The van der Waals surface area contributed by atoms with Crippen molar-refractivity contribution >= 4 is 17.3 Å². The number of rotatable bonds is 6. The maximum Gasteiger partial charge on any atom is 0.276 e. The van der Waals surface area contributed by atoms with Crippen molar-refractivity contribution in [1.29, 1.82) is 0 Å². The molecule has 1 aromatic heterocycles. The van der Waals surface area contributed by atoms with E-state index in [0.717, 1.165) is 6.42 Å². The van der Waals surface area contributed by atoms with Crippen molar-refractivity contribution in [3.8, 4) is 0 Å². The number of aliphatic hydroxyl groups is 1. The van der Waals surface area contributed by atoms with Gasteiger partial charge in [0, 0.05) is 13.1 Å². The predicted molar refractivity (Wildman–Crippen MR) is 64.9 cm³/mol. The molecule has 0 aliphatic rings. The van der Waals surface area contributed by atoms with Crippen molar-refractivity contribution in [2.45, 2.75) is 13.3 Å². The molecule has 94 valence electrons. The Kier molecular flexibility index (Phi) is 4.65. The minimum atomic E-state index is -0.509. The van der Waals surface area contributed by atoms with E-state index in [1.807, 2.05) is 6.92 Å². The molecule has 3 N–H and O–H groups in total. The Morgan fingerprint density at radius 3 is 2.76 bits per heavy atom. The molecule has 0 bridgehead atoms. The van der Waals surface area contributed by atoms with Gasteiger partial charge in [0.15, 0.2) is 0 Å². The first kappa shape index (κ1) is 13.2. The standard InChI is InChI=1S/C10H16N4O3/c1-2-3-13(4-5-15)10-7-8(14(16)17)6-9(11)12-10/h6-7,15H,2-5H2,1H3,(H2,11,12). The summed E-state index contributed by atoms with van der Waals surface area (Å²) in [6.45, 7) is 2.98. The van der Waals surface area contributed by atoms with Gasteiger partial charge in [-0.25, -0.2) is 4.98 Å². The zero-order valence-electron chi connectivity index (χ0n) is 9.67. The number of hydrogen-bond acceptors (Lipinski definition) is 6. The Labute approximate surface area is 99.0 Å². The van der Waals surface area contributed by atoms with E-state index in [1.165, 1.54) is 12.1 Å². The molecule has 0 saturated carbocycles. The number of hydrogen-bond donors (Lipinski definition) is 2. The molecule has 0 spiro atoms. The predicted octanol–water partition coefficient (Wildman–Crippen LogP) is 0.781. The summed E-state index contributed by atoms with van der Waals surface area (Å²) in [5.74, 6) is 0.529. The van der Waals surface area contributed by atoms with Crippen LogP contribution in [0.25, 0.3) is 0 Å². The number of pyridine rings is 1. The van der Waals surface area contributed by atoms with Crippen LogP contribution < -0.4 is 10.6 Å². The Morgan fingerprint density at radius 1 is 1.53 bits per heavy atom. The lowest BCUT2D eigenvalue weighted by molar-refractivity contribution is -0.384. The first-order valence-electron chi connectivity index (χ1n) is 5.36. The average Bonchev–Trinajstić information content (AvgIpc) is 2.28. The average molecular weight is 240 g/mol. The van der Waals surface area contributed by atoms with Gasteiger partial charge in [-0.2, -0.15) is 0 Å². The van der Waals surface area contributed by atoms with E-state index in [4.69, 9.17) is 10.8 Å². The Morgan fingerprint density at radius 2 is 2.24 bits per heavy atom.